The molecule has 0 bridgehead atoms. The Morgan fingerprint density at radius 3 is 2.82 bits per heavy atom. The topological polar surface area (TPSA) is 17.3 Å². The summed E-state index contributed by atoms with van der Waals surface area (Å²) in [6.45, 7) is 0. The first-order valence-corrected chi connectivity index (χ1v) is 4.78. The predicted molar refractivity (Wildman–Crippen MR) is 46.8 cm³/mol. The SMILES string of the molecule is CN=c1scc(C2CC2)n1C. The van der Waals surface area contributed by atoms with Crippen LogP contribution < -0.4 is 4.80 Å². The van der Waals surface area contributed by atoms with Crippen LogP contribution in [-0.4, -0.2) is 11.6 Å². The van der Waals surface area contributed by atoms with E-state index in [0.29, 0.717) is 0 Å². The highest BCUT2D eigenvalue weighted by molar-refractivity contribution is 7.07. The minimum absolute atomic E-state index is 0.840. The summed E-state index contributed by atoms with van der Waals surface area (Å²) in [4.78, 5) is 5.31. The van der Waals surface area contributed by atoms with Crippen LogP contribution in [0.2, 0.25) is 0 Å². The van der Waals surface area contributed by atoms with E-state index in [2.05, 4.69) is 22.0 Å². The molecule has 0 amide bonds. The number of aromatic nitrogens is 1. The largest absolute Gasteiger partial charge is 0.324 e. The van der Waals surface area contributed by atoms with Gasteiger partial charge in [0.15, 0.2) is 4.80 Å². The first-order valence-electron chi connectivity index (χ1n) is 3.90. The van der Waals surface area contributed by atoms with Crippen LogP contribution >= 0.6 is 11.3 Å². The van der Waals surface area contributed by atoms with Crippen LogP contribution in [-0.2, 0) is 7.05 Å². The average molecular weight is 168 g/mol. The Hall–Kier alpha value is -0.570. The summed E-state index contributed by atoms with van der Waals surface area (Å²) in [5.41, 5.74) is 1.47. The quantitative estimate of drug-likeness (QED) is 0.604. The summed E-state index contributed by atoms with van der Waals surface area (Å²) in [5.74, 6) is 0.840. The predicted octanol–water partition coefficient (Wildman–Crippen LogP) is 1.49. The molecule has 11 heavy (non-hydrogen) atoms. The van der Waals surface area contributed by atoms with Crippen LogP contribution in [0, 0.1) is 0 Å². The van der Waals surface area contributed by atoms with Crippen LogP contribution in [0.3, 0.4) is 0 Å². The fraction of sp³-hybridized carbons (Fsp3) is 0.625. The highest BCUT2D eigenvalue weighted by atomic mass is 32.1. The molecule has 1 aromatic heterocycles. The van der Waals surface area contributed by atoms with Gasteiger partial charge in [-0.1, -0.05) is 0 Å². The maximum atomic E-state index is 4.18. The third-order valence-corrected chi connectivity index (χ3v) is 3.17. The van der Waals surface area contributed by atoms with E-state index >= 15 is 0 Å². The van der Waals surface area contributed by atoms with E-state index < -0.39 is 0 Å². The highest BCUT2D eigenvalue weighted by Crippen LogP contribution is 2.39. The molecular weight excluding hydrogens is 156 g/mol. The summed E-state index contributed by atoms with van der Waals surface area (Å²) in [5, 5.41) is 2.24. The zero-order valence-electron chi connectivity index (χ0n) is 6.87. The van der Waals surface area contributed by atoms with E-state index in [1.807, 2.05) is 7.05 Å². The van der Waals surface area contributed by atoms with Crippen molar-refractivity contribution in [2.75, 3.05) is 7.05 Å². The van der Waals surface area contributed by atoms with Crippen LogP contribution in [0.25, 0.3) is 0 Å². The number of hydrogen-bond donors (Lipinski definition) is 0. The minimum Gasteiger partial charge on any atom is -0.324 e. The van der Waals surface area contributed by atoms with Gasteiger partial charge in [-0.05, 0) is 12.8 Å². The maximum absolute atomic E-state index is 4.18. The van der Waals surface area contributed by atoms with Crippen LogP contribution in [0.5, 0.6) is 0 Å². The Kier molecular flexibility index (Phi) is 1.60. The number of nitrogens with zero attached hydrogens (tertiary/aromatic N) is 2. The van der Waals surface area contributed by atoms with E-state index in [-0.39, 0.29) is 0 Å². The molecule has 1 fully saturated rings. The molecule has 1 aromatic rings. The molecule has 2 rings (SSSR count). The summed E-state index contributed by atoms with van der Waals surface area (Å²) < 4.78 is 2.21. The van der Waals surface area contributed by atoms with E-state index in [0.717, 1.165) is 10.7 Å². The van der Waals surface area contributed by atoms with Gasteiger partial charge in [-0.3, -0.25) is 4.99 Å². The summed E-state index contributed by atoms with van der Waals surface area (Å²) in [6.07, 6.45) is 2.74. The molecule has 1 aliphatic carbocycles. The van der Waals surface area contributed by atoms with Crippen molar-refractivity contribution in [2.45, 2.75) is 18.8 Å². The first-order chi connectivity index (χ1) is 5.33. The molecule has 0 atom stereocenters. The Balaban J connectivity index is 2.49. The van der Waals surface area contributed by atoms with Crippen molar-refractivity contribution in [3.63, 3.8) is 0 Å². The molecule has 0 spiro atoms. The molecule has 0 radical (unpaired) electrons. The molecule has 60 valence electrons. The van der Waals surface area contributed by atoms with Crippen molar-refractivity contribution in [2.24, 2.45) is 12.0 Å². The fourth-order valence-electron chi connectivity index (χ4n) is 1.33. The van der Waals surface area contributed by atoms with Gasteiger partial charge in [-0.25, -0.2) is 0 Å². The molecule has 2 nitrogen and oxygen atoms in total. The molecule has 3 heteroatoms. The lowest BCUT2D eigenvalue weighted by Gasteiger charge is -1.97. The van der Waals surface area contributed by atoms with Gasteiger partial charge >= 0.3 is 0 Å². The second kappa shape index (κ2) is 2.48. The molecular formula is C8H12N2S. The van der Waals surface area contributed by atoms with Gasteiger partial charge in [0.25, 0.3) is 0 Å². The van der Waals surface area contributed by atoms with Gasteiger partial charge in [0.05, 0.1) is 0 Å². The number of rotatable bonds is 1. The van der Waals surface area contributed by atoms with Crippen molar-refractivity contribution >= 4 is 11.3 Å². The van der Waals surface area contributed by atoms with Crippen molar-refractivity contribution < 1.29 is 0 Å². The first kappa shape index (κ1) is 7.10. The number of thiazole rings is 1. The monoisotopic (exact) mass is 168 g/mol. The number of hydrogen-bond acceptors (Lipinski definition) is 2. The van der Waals surface area contributed by atoms with Gasteiger partial charge in [0.1, 0.15) is 0 Å². The Bertz CT molecular complexity index is 317. The van der Waals surface area contributed by atoms with Crippen LogP contribution in [0.4, 0.5) is 0 Å². The average Bonchev–Trinajstić information content (AvgIpc) is 2.77. The lowest BCUT2D eigenvalue weighted by atomic mass is 10.3. The normalized spacial score (nSPS) is 19.3. The lowest BCUT2D eigenvalue weighted by Crippen LogP contribution is -2.11. The zero-order valence-corrected chi connectivity index (χ0v) is 7.69. The lowest BCUT2D eigenvalue weighted by molar-refractivity contribution is 0.789. The van der Waals surface area contributed by atoms with Crippen LogP contribution in [0.1, 0.15) is 24.5 Å². The Labute approximate surface area is 70.2 Å². The van der Waals surface area contributed by atoms with Gasteiger partial charge < -0.3 is 4.57 Å². The standard InChI is InChI=1S/C8H12N2S/c1-9-8-10(2)7(5-11-8)6-3-4-6/h5-6H,3-4H2,1-2H3. The fourth-order valence-corrected chi connectivity index (χ4v) is 2.28. The summed E-state index contributed by atoms with van der Waals surface area (Å²) in [6, 6.07) is 0. The molecule has 1 heterocycles. The summed E-state index contributed by atoms with van der Waals surface area (Å²) in [7, 11) is 3.95. The maximum Gasteiger partial charge on any atom is 0.184 e. The van der Waals surface area contributed by atoms with E-state index in [1.165, 1.54) is 18.5 Å². The van der Waals surface area contributed by atoms with E-state index in [4.69, 9.17) is 0 Å². The summed E-state index contributed by atoms with van der Waals surface area (Å²) >= 11 is 1.74. The minimum atomic E-state index is 0.840. The Morgan fingerprint density at radius 1 is 1.64 bits per heavy atom. The highest BCUT2D eigenvalue weighted by Gasteiger charge is 2.26. The van der Waals surface area contributed by atoms with Crippen molar-refractivity contribution in [1.82, 2.24) is 4.57 Å². The van der Waals surface area contributed by atoms with Crippen molar-refractivity contribution in [3.05, 3.63) is 15.9 Å². The molecule has 0 aromatic carbocycles. The zero-order chi connectivity index (χ0) is 7.84. The molecule has 1 saturated carbocycles. The van der Waals surface area contributed by atoms with Gasteiger partial charge in [0.2, 0.25) is 0 Å². The molecule has 0 N–H and O–H groups in total. The Morgan fingerprint density at radius 2 is 2.36 bits per heavy atom. The molecule has 0 aliphatic heterocycles. The van der Waals surface area contributed by atoms with Crippen molar-refractivity contribution in [1.29, 1.82) is 0 Å². The second-order valence-corrected chi connectivity index (χ2v) is 3.84. The third-order valence-electron chi connectivity index (χ3n) is 2.15. The second-order valence-electron chi connectivity index (χ2n) is 3.00. The van der Waals surface area contributed by atoms with Gasteiger partial charge in [-0.2, -0.15) is 0 Å². The van der Waals surface area contributed by atoms with E-state index in [1.54, 1.807) is 11.3 Å². The molecule has 0 unspecified atom stereocenters. The van der Waals surface area contributed by atoms with E-state index in [9.17, 15) is 0 Å². The van der Waals surface area contributed by atoms with Gasteiger partial charge in [0, 0.05) is 31.1 Å². The third kappa shape index (κ3) is 1.13. The molecule has 1 aliphatic rings. The molecule has 0 saturated heterocycles. The smallest absolute Gasteiger partial charge is 0.184 e. The van der Waals surface area contributed by atoms with Crippen LogP contribution in [0.15, 0.2) is 10.4 Å². The van der Waals surface area contributed by atoms with Crippen molar-refractivity contribution in [3.8, 4) is 0 Å². The van der Waals surface area contributed by atoms with Gasteiger partial charge in [-0.15, -0.1) is 11.3 Å².